The van der Waals surface area contributed by atoms with E-state index in [1.54, 1.807) is 0 Å². The van der Waals surface area contributed by atoms with Crippen molar-refractivity contribution in [1.29, 1.82) is 0 Å². The van der Waals surface area contributed by atoms with E-state index in [-0.39, 0.29) is 24.3 Å². The minimum Gasteiger partial charge on any atom is -0.321 e. The van der Waals surface area contributed by atoms with E-state index in [0.29, 0.717) is 18.8 Å². The monoisotopic (exact) mass is 224 g/mol. The van der Waals surface area contributed by atoms with Crippen LogP contribution >= 0.6 is 0 Å². The molecule has 16 heavy (non-hydrogen) atoms. The third kappa shape index (κ3) is 2.23. The number of carbonyl (C=O) groups excluding carboxylic acids is 3. The number of rotatable bonds is 3. The molecule has 2 rings (SSSR count). The van der Waals surface area contributed by atoms with Crippen LogP contribution in [0.1, 0.15) is 32.6 Å². The van der Waals surface area contributed by atoms with E-state index in [1.165, 1.54) is 4.90 Å². The fraction of sp³-hybridized carbons (Fsp3) is 0.727. The standard InChI is InChI=1S/C11H16N2O3/c1-2-8-11(16)12-9(14)6-13(8)10(15)5-7-3-4-7/h7-8H,2-6H2,1H3,(H,12,14,16). The maximum atomic E-state index is 11.9. The van der Waals surface area contributed by atoms with Crippen molar-refractivity contribution in [3.63, 3.8) is 0 Å². The number of amides is 3. The summed E-state index contributed by atoms with van der Waals surface area (Å²) in [6.45, 7) is 1.87. The highest BCUT2D eigenvalue weighted by Gasteiger charge is 2.37. The van der Waals surface area contributed by atoms with E-state index in [0.717, 1.165) is 12.8 Å². The Labute approximate surface area is 94.2 Å². The predicted octanol–water partition coefficient (Wildman–Crippen LogP) is 0.0501. The summed E-state index contributed by atoms with van der Waals surface area (Å²) in [6, 6.07) is -0.469. The molecule has 1 N–H and O–H groups in total. The van der Waals surface area contributed by atoms with Crippen LogP contribution in [0.15, 0.2) is 0 Å². The number of hydrogen-bond acceptors (Lipinski definition) is 3. The molecule has 1 saturated carbocycles. The SMILES string of the molecule is CCC1C(=O)NC(=O)CN1C(=O)CC1CC1. The van der Waals surface area contributed by atoms with Gasteiger partial charge in [0.2, 0.25) is 17.7 Å². The van der Waals surface area contributed by atoms with Crippen LogP contribution in [0.5, 0.6) is 0 Å². The zero-order valence-corrected chi connectivity index (χ0v) is 9.36. The molecule has 0 aromatic rings. The molecule has 88 valence electrons. The molecule has 0 bridgehead atoms. The zero-order chi connectivity index (χ0) is 11.7. The van der Waals surface area contributed by atoms with Crippen molar-refractivity contribution >= 4 is 17.7 Å². The Kier molecular flexibility index (Phi) is 2.94. The van der Waals surface area contributed by atoms with Crippen LogP contribution in [-0.4, -0.2) is 35.2 Å². The zero-order valence-electron chi connectivity index (χ0n) is 9.36. The van der Waals surface area contributed by atoms with Gasteiger partial charge in [0, 0.05) is 6.42 Å². The van der Waals surface area contributed by atoms with Gasteiger partial charge in [-0.1, -0.05) is 6.92 Å². The van der Waals surface area contributed by atoms with Gasteiger partial charge in [0.15, 0.2) is 0 Å². The molecule has 0 spiro atoms. The number of nitrogens with zero attached hydrogens (tertiary/aromatic N) is 1. The average molecular weight is 224 g/mol. The van der Waals surface area contributed by atoms with Gasteiger partial charge in [-0.05, 0) is 25.2 Å². The highest BCUT2D eigenvalue weighted by molar-refractivity contribution is 6.04. The van der Waals surface area contributed by atoms with E-state index in [1.807, 2.05) is 6.92 Å². The maximum absolute atomic E-state index is 11.9. The Balaban J connectivity index is 2.05. The topological polar surface area (TPSA) is 66.5 Å². The van der Waals surface area contributed by atoms with Crippen LogP contribution in [0.4, 0.5) is 0 Å². The summed E-state index contributed by atoms with van der Waals surface area (Å²) >= 11 is 0. The van der Waals surface area contributed by atoms with E-state index in [9.17, 15) is 14.4 Å². The van der Waals surface area contributed by atoms with Crippen molar-refractivity contribution < 1.29 is 14.4 Å². The first kappa shape index (κ1) is 11.1. The molecule has 1 aliphatic heterocycles. The van der Waals surface area contributed by atoms with Crippen molar-refractivity contribution in [2.75, 3.05) is 6.54 Å². The van der Waals surface area contributed by atoms with Gasteiger partial charge in [0.05, 0.1) is 0 Å². The Bertz CT molecular complexity index is 336. The molecule has 5 heteroatoms. The van der Waals surface area contributed by atoms with Crippen LogP contribution in [0.3, 0.4) is 0 Å². The second kappa shape index (κ2) is 4.23. The van der Waals surface area contributed by atoms with Crippen molar-refractivity contribution in [2.24, 2.45) is 5.92 Å². The molecule has 3 amide bonds. The normalized spacial score (nSPS) is 25.6. The van der Waals surface area contributed by atoms with Gasteiger partial charge >= 0.3 is 0 Å². The van der Waals surface area contributed by atoms with Crippen LogP contribution < -0.4 is 5.32 Å². The second-order valence-electron chi connectivity index (χ2n) is 4.51. The molecule has 0 aromatic heterocycles. The molecule has 1 unspecified atom stereocenters. The van der Waals surface area contributed by atoms with Gasteiger partial charge < -0.3 is 4.90 Å². The quantitative estimate of drug-likeness (QED) is 0.689. The first-order chi connectivity index (χ1) is 7.61. The molecule has 1 atom stereocenters. The average Bonchev–Trinajstić information content (AvgIpc) is 3.00. The summed E-state index contributed by atoms with van der Waals surface area (Å²) in [5, 5.41) is 2.26. The van der Waals surface area contributed by atoms with Crippen molar-refractivity contribution in [1.82, 2.24) is 10.2 Å². The Morgan fingerprint density at radius 2 is 2.12 bits per heavy atom. The van der Waals surface area contributed by atoms with Gasteiger partial charge in [-0.15, -0.1) is 0 Å². The first-order valence-corrected chi connectivity index (χ1v) is 5.75. The third-order valence-electron chi connectivity index (χ3n) is 3.12. The minimum absolute atomic E-state index is 0.0236. The van der Waals surface area contributed by atoms with Gasteiger partial charge in [0.25, 0.3) is 0 Å². The van der Waals surface area contributed by atoms with E-state index >= 15 is 0 Å². The van der Waals surface area contributed by atoms with E-state index in [4.69, 9.17) is 0 Å². The number of hydrogen-bond donors (Lipinski definition) is 1. The lowest BCUT2D eigenvalue weighted by Crippen LogP contribution is -2.59. The molecule has 5 nitrogen and oxygen atoms in total. The molecule has 1 saturated heterocycles. The number of nitrogens with one attached hydrogen (secondary N) is 1. The minimum atomic E-state index is -0.469. The van der Waals surface area contributed by atoms with Crippen LogP contribution in [0.2, 0.25) is 0 Å². The fourth-order valence-corrected chi connectivity index (χ4v) is 2.02. The predicted molar refractivity (Wildman–Crippen MR) is 56.3 cm³/mol. The van der Waals surface area contributed by atoms with Crippen molar-refractivity contribution in [3.8, 4) is 0 Å². The number of imide groups is 1. The molecule has 2 aliphatic rings. The smallest absolute Gasteiger partial charge is 0.249 e. The van der Waals surface area contributed by atoms with Crippen LogP contribution in [0, 0.1) is 5.92 Å². The highest BCUT2D eigenvalue weighted by Crippen LogP contribution is 2.33. The molecule has 0 aromatic carbocycles. The molecular weight excluding hydrogens is 208 g/mol. The van der Waals surface area contributed by atoms with Crippen molar-refractivity contribution in [3.05, 3.63) is 0 Å². The second-order valence-corrected chi connectivity index (χ2v) is 4.51. The van der Waals surface area contributed by atoms with Gasteiger partial charge in [-0.25, -0.2) is 0 Å². The summed E-state index contributed by atoms with van der Waals surface area (Å²) < 4.78 is 0. The fourth-order valence-electron chi connectivity index (χ4n) is 2.02. The molecular formula is C11H16N2O3. The summed E-state index contributed by atoms with van der Waals surface area (Å²) in [6.07, 6.45) is 3.22. The van der Waals surface area contributed by atoms with E-state index in [2.05, 4.69) is 5.32 Å². The first-order valence-electron chi connectivity index (χ1n) is 5.75. The molecule has 0 radical (unpaired) electrons. The molecule has 1 aliphatic carbocycles. The summed E-state index contributed by atoms with van der Waals surface area (Å²) in [5.74, 6) is -0.301. The molecule has 1 heterocycles. The highest BCUT2D eigenvalue weighted by atomic mass is 16.2. The summed E-state index contributed by atoms with van der Waals surface area (Å²) in [4.78, 5) is 36.1. The Hall–Kier alpha value is -1.39. The number of carbonyl (C=O) groups is 3. The largest absolute Gasteiger partial charge is 0.321 e. The lowest BCUT2D eigenvalue weighted by molar-refractivity contribution is -0.150. The lowest BCUT2D eigenvalue weighted by atomic mass is 10.1. The summed E-state index contributed by atoms with van der Waals surface area (Å²) in [5.41, 5.74) is 0. The van der Waals surface area contributed by atoms with Gasteiger partial charge in [-0.3, -0.25) is 19.7 Å². The molecule has 2 fully saturated rings. The van der Waals surface area contributed by atoms with Crippen LogP contribution in [-0.2, 0) is 14.4 Å². The van der Waals surface area contributed by atoms with Crippen molar-refractivity contribution in [2.45, 2.75) is 38.6 Å². The number of piperazine rings is 1. The van der Waals surface area contributed by atoms with Gasteiger partial charge in [-0.2, -0.15) is 0 Å². The summed E-state index contributed by atoms with van der Waals surface area (Å²) in [7, 11) is 0. The van der Waals surface area contributed by atoms with Gasteiger partial charge in [0.1, 0.15) is 12.6 Å². The lowest BCUT2D eigenvalue weighted by Gasteiger charge is -2.33. The third-order valence-corrected chi connectivity index (χ3v) is 3.12. The van der Waals surface area contributed by atoms with Crippen LogP contribution in [0.25, 0.3) is 0 Å². The maximum Gasteiger partial charge on any atom is 0.249 e. The Morgan fingerprint density at radius 3 is 2.69 bits per heavy atom. The Morgan fingerprint density at radius 1 is 1.44 bits per heavy atom. The van der Waals surface area contributed by atoms with E-state index < -0.39 is 6.04 Å².